The summed E-state index contributed by atoms with van der Waals surface area (Å²) in [4.78, 5) is 16.8. The molecule has 0 N–H and O–H groups in total. The maximum absolute atomic E-state index is 11.9. The van der Waals surface area contributed by atoms with Gasteiger partial charge in [0.25, 0.3) is 5.91 Å². The van der Waals surface area contributed by atoms with Crippen LogP contribution in [0.3, 0.4) is 0 Å². The quantitative estimate of drug-likeness (QED) is 0.445. The van der Waals surface area contributed by atoms with Crippen LogP contribution in [-0.4, -0.2) is 25.1 Å². The van der Waals surface area contributed by atoms with E-state index in [0.29, 0.717) is 5.56 Å². The highest BCUT2D eigenvalue weighted by molar-refractivity contribution is 5.93. The topological polar surface area (TPSA) is 29.5 Å². The Hall–Kier alpha value is -1.61. The highest BCUT2D eigenvalue weighted by Gasteiger charge is 2.09. The Morgan fingerprint density at radius 1 is 1.09 bits per heavy atom. The molecule has 0 saturated carbocycles. The molecule has 3 heteroatoms. The van der Waals surface area contributed by atoms with E-state index < -0.39 is 0 Å². The number of hydroxylamine groups is 2. The van der Waals surface area contributed by atoms with Gasteiger partial charge in [-0.15, -0.1) is 0 Å². The lowest BCUT2D eigenvalue weighted by atomic mass is 10.1. The van der Waals surface area contributed by atoms with Crippen LogP contribution in [0, 0.1) is 0 Å². The normalized spacial score (nSPS) is 11.0. The second-order valence-corrected chi connectivity index (χ2v) is 5.57. The number of carbonyl (C=O) groups excluding carboxylic acids is 1. The van der Waals surface area contributed by atoms with Crippen molar-refractivity contribution >= 4 is 12.0 Å². The largest absolute Gasteiger partial charge is 0.277 e. The molecule has 3 nitrogen and oxygen atoms in total. The van der Waals surface area contributed by atoms with Gasteiger partial charge in [-0.25, -0.2) is 5.06 Å². The van der Waals surface area contributed by atoms with E-state index in [1.54, 1.807) is 7.05 Å². The lowest BCUT2D eigenvalue weighted by Gasteiger charge is -2.13. The number of rotatable bonds is 10. The summed E-state index contributed by atoms with van der Waals surface area (Å²) in [6.45, 7) is 2.24. The molecule has 1 aromatic carbocycles. The van der Waals surface area contributed by atoms with Crippen molar-refractivity contribution in [2.45, 2.75) is 51.9 Å². The maximum atomic E-state index is 11.9. The Balaban J connectivity index is 2.32. The molecule has 0 aliphatic heterocycles. The Kier molecular flexibility index (Phi) is 9.24. The standard InChI is InChI=1S/C19H29NO2/c1-4-5-6-7-8-9-10-11-12-17-13-15-18(16-14-17)19(21)20(2)22-3/h11-16H,4-10H2,1-3H3/b12-11+. The van der Waals surface area contributed by atoms with Gasteiger partial charge in [-0.2, -0.15) is 0 Å². The van der Waals surface area contributed by atoms with Crippen LogP contribution >= 0.6 is 0 Å². The summed E-state index contributed by atoms with van der Waals surface area (Å²) in [5, 5.41) is 1.23. The molecule has 0 aromatic heterocycles. The fourth-order valence-corrected chi connectivity index (χ4v) is 2.26. The summed E-state index contributed by atoms with van der Waals surface area (Å²) < 4.78 is 0. The molecular weight excluding hydrogens is 274 g/mol. The predicted molar refractivity (Wildman–Crippen MR) is 92.6 cm³/mol. The zero-order chi connectivity index (χ0) is 16.2. The van der Waals surface area contributed by atoms with E-state index in [-0.39, 0.29) is 5.91 Å². The van der Waals surface area contributed by atoms with E-state index in [1.165, 1.54) is 50.7 Å². The van der Waals surface area contributed by atoms with Gasteiger partial charge in [-0.3, -0.25) is 9.63 Å². The number of benzene rings is 1. The molecule has 0 atom stereocenters. The average molecular weight is 303 g/mol. The summed E-state index contributed by atoms with van der Waals surface area (Å²) in [7, 11) is 3.09. The van der Waals surface area contributed by atoms with Crippen LogP contribution in [0.2, 0.25) is 0 Å². The Bertz CT molecular complexity index is 451. The van der Waals surface area contributed by atoms with Crippen molar-refractivity contribution in [1.29, 1.82) is 0 Å². The summed E-state index contributed by atoms with van der Waals surface area (Å²) in [5.74, 6) is -0.134. The summed E-state index contributed by atoms with van der Waals surface area (Å²) >= 11 is 0. The van der Waals surface area contributed by atoms with Gasteiger partial charge in [0.1, 0.15) is 0 Å². The van der Waals surface area contributed by atoms with Gasteiger partial charge in [-0.1, -0.05) is 63.3 Å². The van der Waals surface area contributed by atoms with Crippen LogP contribution in [0.4, 0.5) is 0 Å². The van der Waals surface area contributed by atoms with Crippen LogP contribution in [0.25, 0.3) is 6.08 Å². The first-order chi connectivity index (χ1) is 10.7. The third-order valence-electron chi connectivity index (χ3n) is 3.75. The maximum Gasteiger partial charge on any atom is 0.277 e. The van der Waals surface area contributed by atoms with E-state index in [9.17, 15) is 4.79 Å². The van der Waals surface area contributed by atoms with Crippen molar-refractivity contribution < 1.29 is 9.63 Å². The van der Waals surface area contributed by atoms with Gasteiger partial charge < -0.3 is 0 Å². The van der Waals surface area contributed by atoms with Gasteiger partial charge in [0.2, 0.25) is 0 Å². The summed E-state index contributed by atoms with van der Waals surface area (Å²) in [6, 6.07) is 7.60. The fraction of sp³-hybridized carbons (Fsp3) is 0.526. The second-order valence-electron chi connectivity index (χ2n) is 5.57. The van der Waals surface area contributed by atoms with E-state index in [2.05, 4.69) is 19.1 Å². The monoisotopic (exact) mass is 303 g/mol. The predicted octanol–water partition coefficient (Wildman–Crippen LogP) is 5.08. The molecule has 1 aromatic rings. The van der Waals surface area contributed by atoms with Crippen molar-refractivity contribution in [3.63, 3.8) is 0 Å². The van der Waals surface area contributed by atoms with Crippen LogP contribution in [0.1, 0.15) is 67.8 Å². The number of nitrogens with zero attached hydrogens (tertiary/aromatic N) is 1. The van der Waals surface area contributed by atoms with Gasteiger partial charge in [0, 0.05) is 12.6 Å². The van der Waals surface area contributed by atoms with E-state index in [1.807, 2.05) is 24.3 Å². The van der Waals surface area contributed by atoms with Gasteiger partial charge in [0.05, 0.1) is 7.11 Å². The zero-order valence-electron chi connectivity index (χ0n) is 14.2. The SMILES string of the molecule is CCCCCCCC/C=C/c1ccc(C(=O)N(C)OC)cc1. The minimum atomic E-state index is -0.134. The highest BCUT2D eigenvalue weighted by atomic mass is 16.7. The third kappa shape index (κ3) is 6.90. The smallest absolute Gasteiger partial charge is 0.274 e. The molecule has 0 aliphatic carbocycles. The van der Waals surface area contributed by atoms with Crippen LogP contribution in [0.15, 0.2) is 30.3 Å². The van der Waals surface area contributed by atoms with Crippen molar-refractivity contribution in [3.05, 3.63) is 41.5 Å². The molecule has 1 amide bonds. The molecule has 0 unspecified atom stereocenters. The van der Waals surface area contributed by atoms with Crippen molar-refractivity contribution in [2.24, 2.45) is 0 Å². The third-order valence-corrected chi connectivity index (χ3v) is 3.75. The zero-order valence-corrected chi connectivity index (χ0v) is 14.2. The Morgan fingerprint density at radius 3 is 2.36 bits per heavy atom. The molecule has 0 bridgehead atoms. The van der Waals surface area contributed by atoms with Crippen molar-refractivity contribution in [2.75, 3.05) is 14.2 Å². The lowest BCUT2D eigenvalue weighted by molar-refractivity contribution is -0.0756. The molecule has 22 heavy (non-hydrogen) atoms. The van der Waals surface area contributed by atoms with Crippen LogP contribution in [0.5, 0.6) is 0 Å². The summed E-state index contributed by atoms with van der Waals surface area (Å²) in [6.07, 6.45) is 13.4. The molecule has 0 aliphatic rings. The first-order valence-electron chi connectivity index (χ1n) is 8.27. The van der Waals surface area contributed by atoms with Crippen molar-refractivity contribution in [1.82, 2.24) is 5.06 Å². The fourth-order valence-electron chi connectivity index (χ4n) is 2.26. The molecular formula is C19H29NO2. The molecule has 1 rings (SSSR count). The summed E-state index contributed by atoms with van der Waals surface area (Å²) in [5.41, 5.74) is 1.76. The first-order valence-corrected chi connectivity index (χ1v) is 8.27. The molecule has 0 heterocycles. The number of allylic oxidation sites excluding steroid dienone is 1. The first kappa shape index (κ1) is 18.4. The van der Waals surface area contributed by atoms with Gasteiger partial charge in [0.15, 0.2) is 0 Å². The molecule has 0 saturated heterocycles. The molecule has 122 valence electrons. The van der Waals surface area contributed by atoms with Crippen LogP contribution in [-0.2, 0) is 4.84 Å². The Labute approximate surface area is 134 Å². The van der Waals surface area contributed by atoms with E-state index >= 15 is 0 Å². The Morgan fingerprint density at radius 2 is 1.73 bits per heavy atom. The highest BCUT2D eigenvalue weighted by Crippen LogP contribution is 2.11. The lowest BCUT2D eigenvalue weighted by Crippen LogP contribution is -2.25. The van der Waals surface area contributed by atoms with Crippen LogP contribution < -0.4 is 0 Å². The molecule has 0 spiro atoms. The molecule has 0 fully saturated rings. The average Bonchev–Trinajstić information content (AvgIpc) is 2.56. The van der Waals surface area contributed by atoms with Gasteiger partial charge >= 0.3 is 0 Å². The number of carbonyl (C=O) groups is 1. The number of hydrogen-bond donors (Lipinski definition) is 0. The van der Waals surface area contributed by atoms with Crippen molar-refractivity contribution in [3.8, 4) is 0 Å². The van der Waals surface area contributed by atoms with E-state index in [4.69, 9.17) is 4.84 Å². The number of unbranched alkanes of at least 4 members (excludes halogenated alkanes) is 6. The van der Waals surface area contributed by atoms with Gasteiger partial charge in [-0.05, 0) is 30.5 Å². The minimum absolute atomic E-state index is 0.134. The number of hydrogen-bond acceptors (Lipinski definition) is 2. The van der Waals surface area contributed by atoms with E-state index in [0.717, 1.165) is 12.0 Å². The number of amides is 1. The molecule has 0 radical (unpaired) electrons. The second kappa shape index (κ2) is 11.0. The minimum Gasteiger partial charge on any atom is -0.274 e.